The van der Waals surface area contributed by atoms with Crippen LogP contribution in [0.2, 0.25) is 5.02 Å². The number of likely N-dealkylation sites (tertiary alicyclic amines) is 1. The first-order valence-corrected chi connectivity index (χ1v) is 12.6. The molecule has 1 spiro atoms. The molecule has 1 aromatic carbocycles. The van der Waals surface area contributed by atoms with E-state index >= 15 is 0 Å². The van der Waals surface area contributed by atoms with Gasteiger partial charge < -0.3 is 9.80 Å². The van der Waals surface area contributed by atoms with Gasteiger partial charge in [0.1, 0.15) is 0 Å². The number of hydrogen-bond acceptors (Lipinski definition) is 5. The zero-order chi connectivity index (χ0) is 24.1. The molecule has 0 atom stereocenters. The summed E-state index contributed by atoms with van der Waals surface area (Å²) in [5.74, 6) is 0.819. The predicted molar refractivity (Wildman–Crippen MR) is 122 cm³/mol. The first-order chi connectivity index (χ1) is 16.7. The van der Waals surface area contributed by atoms with Gasteiger partial charge in [0.15, 0.2) is 5.82 Å². The normalized spacial score (nSPS) is 27.4. The average Bonchev–Trinajstić information content (AvgIpc) is 3.48. The second-order valence-electron chi connectivity index (χ2n) is 11.1. The monoisotopic (exact) mass is 506 g/mol. The van der Waals surface area contributed by atoms with Crippen LogP contribution >= 0.6 is 11.6 Å². The summed E-state index contributed by atoms with van der Waals surface area (Å²) in [7, 11) is 0. The van der Waals surface area contributed by atoms with Crippen LogP contribution in [0.5, 0.6) is 0 Å². The second-order valence-corrected chi connectivity index (χ2v) is 11.6. The largest absolute Gasteiger partial charge is 0.391 e. The molecule has 35 heavy (non-hydrogen) atoms. The van der Waals surface area contributed by atoms with Gasteiger partial charge in [-0.25, -0.2) is 0 Å². The molecule has 5 aliphatic rings. The smallest absolute Gasteiger partial charge is 0.341 e. The molecule has 1 amide bonds. The van der Waals surface area contributed by atoms with Crippen molar-refractivity contribution in [1.82, 2.24) is 24.6 Å². The zero-order valence-corrected chi connectivity index (χ0v) is 19.9. The SMILES string of the molecule is O=C(C1CC1)N1CC2(C1)CN(c1nnc3n1-c1ccc(Cl)cc1CN(C1CC(C(F)(F)F)C1)C3)C2. The number of alkyl halides is 3. The number of fused-ring (bicyclic) bond motifs is 3. The summed E-state index contributed by atoms with van der Waals surface area (Å²) < 4.78 is 41.4. The summed E-state index contributed by atoms with van der Waals surface area (Å²) in [5, 5.41) is 9.58. The topological polar surface area (TPSA) is 57.5 Å². The van der Waals surface area contributed by atoms with Crippen LogP contribution in [0.1, 0.15) is 37.1 Å². The molecule has 3 aliphatic heterocycles. The van der Waals surface area contributed by atoms with Crippen LogP contribution in [0.25, 0.3) is 5.69 Å². The van der Waals surface area contributed by atoms with Crippen LogP contribution < -0.4 is 4.90 Å². The minimum atomic E-state index is -4.13. The highest BCUT2D eigenvalue weighted by atomic mass is 35.5. The molecule has 2 saturated carbocycles. The molecular formula is C24H26ClF3N6O. The molecule has 4 heterocycles. The Balaban J connectivity index is 1.12. The highest BCUT2D eigenvalue weighted by molar-refractivity contribution is 6.30. The lowest BCUT2D eigenvalue weighted by molar-refractivity contribution is -0.207. The number of carbonyl (C=O) groups excluding carboxylic acids is 1. The Hall–Kier alpha value is -2.33. The molecule has 0 bridgehead atoms. The van der Waals surface area contributed by atoms with E-state index in [9.17, 15) is 18.0 Å². The predicted octanol–water partition coefficient (Wildman–Crippen LogP) is 3.64. The summed E-state index contributed by atoms with van der Waals surface area (Å²) >= 11 is 6.31. The maximum Gasteiger partial charge on any atom is 0.391 e. The van der Waals surface area contributed by atoms with Gasteiger partial charge in [0.05, 0.1) is 18.2 Å². The van der Waals surface area contributed by atoms with E-state index in [0.717, 1.165) is 62.0 Å². The lowest BCUT2D eigenvalue weighted by Gasteiger charge is -2.60. The Morgan fingerprint density at radius 2 is 1.80 bits per heavy atom. The number of hydrogen-bond donors (Lipinski definition) is 0. The Kier molecular flexibility index (Phi) is 4.60. The maximum atomic E-state index is 13.1. The Morgan fingerprint density at radius 3 is 2.49 bits per heavy atom. The minimum Gasteiger partial charge on any atom is -0.341 e. The van der Waals surface area contributed by atoms with E-state index in [2.05, 4.69) is 20.0 Å². The summed E-state index contributed by atoms with van der Waals surface area (Å²) in [4.78, 5) is 18.6. The van der Waals surface area contributed by atoms with Gasteiger partial charge in [-0.1, -0.05) is 11.6 Å². The fourth-order valence-electron chi connectivity index (χ4n) is 6.24. The molecule has 186 valence electrons. The molecule has 2 aliphatic carbocycles. The van der Waals surface area contributed by atoms with Crippen molar-refractivity contribution in [3.63, 3.8) is 0 Å². The highest BCUT2D eigenvalue weighted by Gasteiger charge is 2.56. The van der Waals surface area contributed by atoms with E-state index < -0.39 is 12.1 Å². The zero-order valence-electron chi connectivity index (χ0n) is 19.1. The van der Waals surface area contributed by atoms with Gasteiger partial charge in [0, 0.05) is 55.1 Å². The average molecular weight is 507 g/mol. The lowest BCUT2D eigenvalue weighted by atomic mass is 9.73. The molecule has 7 rings (SSSR count). The summed E-state index contributed by atoms with van der Waals surface area (Å²) in [6, 6.07) is 5.54. The number of halogens is 4. The minimum absolute atomic E-state index is 0.116. The highest BCUT2D eigenvalue weighted by Crippen LogP contribution is 2.47. The summed E-state index contributed by atoms with van der Waals surface area (Å²) in [5.41, 5.74) is 2.03. The number of carbonyl (C=O) groups is 1. The Morgan fingerprint density at radius 1 is 1.06 bits per heavy atom. The van der Waals surface area contributed by atoms with Crippen LogP contribution in [-0.2, 0) is 17.9 Å². The number of rotatable bonds is 3. The van der Waals surface area contributed by atoms with E-state index in [-0.39, 0.29) is 30.2 Å². The van der Waals surface area contributed by atoms with Gasteiger partial charge in [0.25, 0.3) is 0 Å². The fourth-order valence-corrected chi connectivity index (χ4v) is 6.44. The van der Waals surface area contributed by atoms with Gasteiger partial charge in [-0.2, -0.15) is 13.2 Å². The molecule has 11 heteroatoms. The quantitative estimate of drug-likeness (QED) is 0.636. The Bertz CT molecular complexity index is 1190. The first kappa shape index (κ1) is 21.9. The molecule has 0 N–H and O–H groups in total. The third kappa shape index (κ3) is 3.55. The number of anilines is 1. The van der Waals surface area contributed by atoms with Crippen molar-refractivity contribution in [2.45, 2.75) is 51.0 Å². The lowest BCUT2D eigenvalue weighted by Crippen LogP contribution is -2.73. The van der Waals surface area contributed by atoms with Crippen molar-refractivity contribution in [2.75, 3.05) is 31.1 Å². The third-order valence-corrected chi connectivity index (χ3v) is 8.67. The molecule has 2 aromatic rings. The van der Waals surface area contributed by atoms with Gasteiger partial charge in [0.2, 0.25) is 11.9 Å². The van der Waals surface area contributed by atoms with Crippen LogP contribution in [0, 0.1) is 17.3 Å². The maximum absolute atomic E-state index is 13.1. The second kappa shape index (κ2) is 7.35. The van der Waals surface area contributed by atoms with Gasteiger partial charge in [-0.05, 0) is 49.4 Å². The van der Waals surface area contributed by atoms with E-state index in [1.165, 1.54) is 0 Å². The van der Waals surface area contributed by atoms with Crippen LogP contribution in [0.3, 0.4) is 0 Å². The van der Waals surface area contributed by atoms with Gasteiger partial charge in [-0.3, -0.25) is 14.3 Å². The molecule has 0 unspecified atom stereocenters. The molecule has 1 aromatic heterocycles. The molecular weight excluding hydrogens is 481 g/mol. The standard InChI is InChI=1S/C24H26ClF3N6O/c25-17-3-4-19-15(5-17)8-31(18-6-16(7-18)24(26,27)28)9-20-29-30-22(34(19)20)33-12-23(13-33)10-32(11-23)21(35)14-1-2-14/h3-5,14,16,18H,1-2,6-13H2. The number of aromatic nitrogens is 3. The van der Waals surface area contributed by atoms with E-state index in [1.807, 2.05) is 27.7 Å². The van der Waals surface area contributed by atoms with Crippen molar-refractivity contribution in [2.24, 2.45) is 17.3 Å². The molecule has 7 nitrogen and oxygen atoms in total. The molecule has 2 saturated heterocycles. The third-order valence-electron chi connectivity index (χ3n) is 8.43. The van der Waals surface area contributed by atoms with Crippen molar-refractivity contribution < 1.29 is 18.0 Å². The van der Waals surface area contributed by atoms with Crippen molar-refractivity contribution in [3.05, 3.63) is 34.6 Å². The first-order valence-electron chi connectivity index (χ1n) is 12.3. The summed E-state index contributed by atoms with van der Waals surface area (Å²) in [6.45, 7) is 4.22. The molecule has 4 fully saturated rings. The van der Waals surface area contributed by atoms with Crippen LogP contribution in [0.4, 0.5) is 19.1 Å². The fraction of sp³-hybridized carbons (Fsp3) is 0.625. The number of amides is 1. The number of benzene rings is 1. The van der Waals surface area contributed by atoms with Crippen molar-refractivity contribution in [3.8, 4) is 5.69 Å². The van der Waals surface area contributed by atoms with Crippen molar-refractivity contribution in [1.29, 1.82) is 0 Å². The van der Waals surface area contributed by atoms with E-state index in [1.54, 1.807) is 0 Å². The van der Waals surface area contributed by atoms with E-state index in [0.29, 0.717) is 24.0 Å². The Labute approximate surface area is 205 Å². The molecule has 0 radical (unpaired) electrons. The van der Waals surface area contributed by atoms with Gasteiger partial charge >= 0.3 is 6.18 Å². The van der Waals surface area contributed by atoms with E-state index in [4.69, 9.17) is 11.6 Å². The van der Waals surface area contributed by atoms with Crippen LogP contribution in [0.15, 0.2) is 18.2 Å². The van der Waals surface area contributed by atoms with Gasteiger partial charge in [-0.15, -0.1) is 10.2 Å². The van der Waals surface area contributed by atoms with Crippen molar-refractivity contribution >= 4 is 23.5 Å². The van der Waals surface area contributed by atoms with Crippen LogP contribution in [-0.4, -0.2) is 68.9 Å². The number of nitrogens with zero attached hydrogens (tertiary/aromatic N) is 6. The summed E-state index contributed by atoms with van der Waals surface area (Å²) in [6.07, 6.45) is -1.85.